The van der Waals surface area contributed by atoms with Gasteiger partial charge in [0.15, 0.2) is 11.6 Å². The van der Waals surface area contributed by atoms with Crippen LogP contribution in [0.2, 0.25) is 0 Å². The van der Waals surface area contributed by atoms with E-state index < -0.39 is 39.4 Å². The zero-order chi connectivity index (χ0) is 30.0. The van der Waals surface area contributed by atoms with Gasteiger partial charge < -0.3 is 10.2 Å². The van der Waals surface area contributed by atoms with Crippen LogP contribution >= 0.6 is 0 Å². The molecule has 3 aromatic rings. The first-order valence-corrected chi connectivity index (χ1v) is 15.1. The Hall–Kier alpha value is -3.86. The molecule has 11 heteroatoms. The van der Waals surface area contributed by atoms with Gasteiger partial charge in [-0.1, -0.05) is 55.5 Å². The average Bonchev–Trinajstić information content (AvgIpc) is 2.94. The van der Waals surface area contributed by atoms with Gasteiger partial charge in [0.1, 0.15) is 11.9 Å². The molecule has 0 radical (unpaired) electrons. The van der Waals surface area contributed by atoms with Crippen LogP contribution in [0.3, 0.4) is 0 Å². The predicted molar refractivity (Wildman–Crippen MR) is 152 cm³/mol. The van der Waals surface area contributed by atoms with Gasteiger partial charge in [0.25, 0.3) is 0 Å². The molecule has 0 aliphatic carbocycles. The number of hydrogen-bond acceptors (Lipinski definition) is 4. The number of nitrogens with one attached hydrogen (secondary N) is 1. The Bertz CT molecular complexity index is 1440. The zero-order valence-corrected chi connectivity index (χ0v) is 23.8. The molecule has 0 bridgehead atoms. The first-order valence-electron chi connectivity index (χ1n) is 13.3. The Morgan fingerprint density at radius 1 is 0.902 bits per heavy atom. The van der Waals surface area contributed by atoms with Gasteiger partial charge in [-0.25, -0.2) is 21.6 Å². The molecule has 0 aliphatic rings. The van der Waals surface area contributed by atoms with Gasteiger partial charge in [0.05, 0.1) is 11.9 Å². The van der Waals surface area contributed by atoms with E-state index >= 15 is 0 Å². The van der Waals surface area contributed by atoms with Crippen LogP contribution in [0.15, 0.2) is 72.8 Å². The van der Waals surface area contributed by atoms with Crippen LogP contribution in [0.4, 0.5) is 18.9 Å². The third-order valence-electron chi connectivity index (χ3n) is 6.46. The number of sulfonamides is 1. The molecule has 0 aromatic heterocycles. The number of carbonyl (C=O) groups is 2. The molecule has 41 heavy (non-hydrogen) atoms. The summed E-state index contributed by atoms with van der Waals surface area (Å²) in [4.78, 5) is 28.3. The maximum Gasteiger partial charge on any atom is 0.243 e. The van der Waals surface area contributed by atoms with Crippen LogP contribution in [0.25, 0.3) is 0 Å². The predicted octanol–water partition coefficient (Wildman–Crippen LogP) is 4.82. The van der Waals surface area contributed by atoms with Crippen molar-refractivity contribution in [2.45, 2.75) is 45.2 Å². The highest BCUT2D eigenvalue weighted by atomic mass is 32.2. The summed E-state index contributed by atoms with van der Waals surface area (Å²) in [6.07, 6.45) is 1.61. The number of rotatable bonds is 14. The lowest BCUT2D eigenvalue weighted by molar-refractivity contribution is -0.141. The second kappa shape index (κ2) is 14.7. The van der Waals surface area contributed by atoms with Crippen LogP contribution in [0, 0.1) is 17.5 Å². The van der Waals surface area contributed by atoms with E-state index in [1.807, 2.05) is 37.3 Å². The molecule has 0 saturated heterocycles. The molecular weight excluding hydrogens is 555 g/mol. The average molecular weight is 590 g/mol. The summed E-state index contributed by atoms with van der Waals surface area (Å²) in [5.41, 5.74) is 0.946. The first kappa shape index (κ1) is 31.7. The van der Waals surface area contributed by atoms with E-state index in [9.17, 15) is 31.2 Å². The van der Waals surface area contributed by atoms with Crippen LogP contribution in [0.5, 0.6) is 0 Å². The topological polar surface area (TPSA) is 86.8 Å². The minimum atomic E-state index is -3.90. The molecule has 0 aliphatic heterocycles. The van der Waals surface area contributed by atoms with Crippen molar-refractivity contribution in [3.05, 3.63) is 101 Å². The highest BCUT2D eigenvalue weighted by Gasteiger charge is 2.31. The maximum atomic E-state index is 14.7. The monoisotopic (exact) mass is 589 g/mol. The van der Waals surface area contributed by atoms with Crippen molar-refractivity contribution in [1.82, 2.24) is 10.2 Å². The van der Waals surface area contributed by atoms with Gasteiger partial charge in [0, 0.05) is 44.1 Å². The molecule has 0 heterocycles. The largest absolute Gasteiger partial charge is 0.354 e. The zero-order valence-electron chi connectivity index (χ0n) is 23.0. The van der Waals surface area contributed by atoms with E-state index in [4.69, 9.17) is 0 Å². The van der Waals surface area contributed by atoms with Crippen molar-refractivity contribution in [3.8, 4) is 0 Å². The molecule has 0 unspecified atom stereocenters. The maximum absolute atomic E-state index is 14.7. The molecular formula is C30H34F3N3O4S. The van der Waals surface area contributed by atoms with Crippen molar-refractivity contribution in [3.63, 3.8) is 0 Å². The van der Waals surface area contributed by atoms with Gasteiger partial charge in [-0.3, -0.25) is 13.9 Å². The number of nitrogens with zero attached hydrogens (tertiary/aromatic N) is 2. The van der Waals surface area contributed by atoms with Crippen LogP contribution in [-0.2, 0) is 32.6 Å². The Labute approximate surface area is 239 Å². The molecule has 220 valence electrons. The van der Waals surface area contributed by atoms with E-state index in [-0.39, 0.29) is 49.5 Å². The van der Waals surface area contributed by atoms with Crippen molar-refractivity contribution >= 4 is 27.5 Å². The summed E-state index contributed by atoms with van der Waals surface area (Å²) < 4.78 is 67.7. The Kier molecular flexibility index (Phi) is 11.3. The Morgan fingerprint density at radius 2 is 1.59 bits per heavy atom. The molecule has 0 fully saturated rings. The minimum absolute atomic E-state index is 0.00725. The number of halogens is 3. The van der Waals surface area contributed by atoms with Crippen LogP contribution < -0.4 is 9.62 Å². The molecule has 1 N–H and O–H groups in total. The van der Waals surface area contributed by atoms with Gasteiger partial charge in [-0.15, -0.1) is 0 Å². The Balaban J connectivity index is 1.88. The van der Waals surface area contributed by atoms with Crippen molar-refractivity contribution in [2.24, 2.45) is 0 Å². The first-order chi connectivity index (χ1) is 19.5. The lowest BCUT2D eigenvalue weighted by atomic mass is 10.0. The smallest absolute Gasteiger partial charge is 0.243 e. The van der Waals surface area contributed by atoms with E-state index in [0.717, 1.165) is 34.3 Å². The van der Waals surface area contributed by atoms with E-state index in [2.05, 4.69) is 5.32 Å². The summed E-state index contributed by atoms with van der Waals surface area (Å²) in [6, 6.07) is 16.9. The van der Waals surface area contributed by atoms with Crippen molar-refractivity contribution < 1.29 is 31.2 Å². The normalized spacial score (nSPS) is 12.0. The molecule has 2 amide bonds. The fraction of sp³-hybridized carbons (Fsp3) is 0.333. The molecule has 0 spiro atoms. The standard InChI is InChI=1S/C30H34F3N3O4S/c1-3-17-34-30(38)28(19-22-10-5-4-6-11-22)35(21-23-12-7-8-13-25(23)31)29(37)14-9-18-36(41(2,39)40)24-15-16-26(32)27(33)20-24/h4-8,10-13,15-16,20,28H,3,9,14,17-19,21H2,1-2H3,(H,34,38)/t28-/m1/s1. The molecule has 3 aromatic carbocycles. The lowest BCUT2D eigenvalue weighted by Gasteiger charge is -2.32. The summed E-state index contributed by atoms with van der Waals surface area (Å²) in [6.45, 7) is 1.91. The minimum Gasteiger partial charge on any atom is -0.354 e. The molecule has 7 nitrogen and oxygen atoms in total. The SMILES string of the molecule is CCCNC(=O)[C@@H](Cc1ccccc1)N(Cc1ccccc1F)C(=O)CCCN(c1ccc(F)c(F)c1)S(C)(=O)=O. The summed E-state index contributed by atoms with van der Waals surface area (Å²) in [7, 11) is -3.90. The molecule has 3 rings (SSSR count). The number of amides is 2. The number of anilines is 1. The fourth-order valence-electron chi connectivity index (χ4n) is 4.37. The van der Waals surface area contributed by atoms with Gasteiger partial charge in [0.2, 0.25) is 21.8 Å². The van der Waals surface area contributed by atoms with E-state index in [1.54, 1.807) is 6.07 Å². The van der Waals surface area contributed by atoms with Crippen LogP contribution in [-0.4, -0.2) is 50.5 Å². The second-order valence-corrected chi connectivity index (χ2v) is 11.6. The molecule has 0 saturated carbocycles. The highest BCUT2D eigenvalue weighted by molar-refractivity contribution is 7.92. The quantitative estimate of drug-likeness (QED) is 0.292. The highest BCUT2D eigenvalue weighted by Crippen LogP contribution is 2.22. The van der Waals surface area contributed by atoms with E-state index in [0.29, 0.717) is 13.0 Å². The Morgan fingerprint density at radius 3 is 2.22 bits per heavy atom. The van der Waals surface area contributed by atoms with Crippen molar-refractivity contribution in [2.75, 3.05) is 23.7 Å². The van der Waals surface area contributed by atoms with Crippen LogP contribution in [0.1, 0.15) is 37.3 Å². The van der Waals surface area contributed by atoms with E-state index in [1.165, 1.54) is 23.1 Å². The number of benzene rings is 3. The lowest BCUT2D eigenvalue weighted by Crippen LogP contribution is -2.50. The summed E-state index contributed by atoms with van der Waals surface area (Å²) in [5.74, 6) is -3.73. The number of hydrogen-bond donors (Lipinski definition) is 1. The summed E-state index contributed by atoms with van der Waals surface area (Å²) in [5, 5.41) is 2.83. The van der Waals surface area contributed by atoms with Crippen molar-refractivity contribution in [1.29, 1.82) is 0 Å². The second-order valence-electron chi connectivity index (χ2n) is 9.65. The number of carbonyl (C=O) groups excluding carboxylic acids is 2. The molecule has 1 atom stereocenters. The third kappa shape index (κ3) is 9.07. The van der Waals surface area contributed by atoms with Gasteiger partial charge >= 0.3 is 0 Å². The fourth-order valence-corrected chi connectivity index (χ4v) is 5.33. The summed E-state index contributed by atoms with van der Waals surface area (Å²) >= 11 is 0. The third-order valence-corrected chi connectivity index (χ3v) is 7.66. The van der Waals surface area contributed by atoms with Gasteiger partial charge in [-0.2, -0.15) is 0 Å². The van der Waals surface area contributed by atoms with Gasteiger partial charge in [-0.05, 0) is 36.6 Å².